The summed E-state index contributed by atoms with van der Waals surface area (Å²) < 4.78 is 5.12. The Morgan fingerprint density at radius 2 is 2.12 bits per heavy atom. The van der Waals surface area contributed by atoms with Gasteiger partial charge in [0.2, 0.25) is 0 Å². The number of hydrogen-bond acceptors (Lipinski definition) is 2. The summed E-state index contributed by atoms with van der Waals surface area (Å²) in [5, 5.41) is 2.68. The highest BCUT2D eigenvalue weighted by molar-refractivity contribution is 5.69. The van der Waals surface area contributed by atoms with Crippen molar-refractivity contribution in [3.63, 3.8) is 0 Å². The van der Waals surface area contributed by atoms with Crippen molar-refractivity contribution in [2.45, 2.75) is 38.7 Å². The fourth-order valence-corrected chi connectivity index (χ4v) is 2.09. The van der Waals surface area contributed by atoms with Crippen molar-refractivity contribution < 1.29 is 9.53 Å². The van der Waals surface area contributed by atoms with Crippen molar-refractivity contribution in [1.29, 1.82) is 0 Å². The zero-order valence-corrected chi connectivity index (χ0v) is 10.4. The van der Waals surface area contributed by atoms with Crippen LogP contribution < -0.4 is 5.32 Å². The lowest BCUT2D eigenvalue weighted by atomic mass is 9.94. The van der Waals surface area contributed by atoms with Crippen LogP contribution >= 0.6 is 0 Å². The fourth-order valence-electron chi connectivity index (χ4n) is 2.09. The topological polar surface area (TPSA) is 38.3 Å². The molecule has 1 fully saturated rings. The second-order valence-electron chi connectivity index (χ2n) is 4.80. The summed E-state index contributed by atoms with van der Waals surface area (Å²) in [7, 11) is 0. The van der Waals surface area contributed by atoms with E-state index in [1.165, 1.54) is 11.1 Å². The molecule has 2 atom stereocenters. The van der Waals surface area contributed by atoms with Crippen LogP contribution in [0.3, 0.4) is 0 Å². The maximum absolute atomic E-state index is 10.9. The number of alkyl carbamates (subject to hydrolysis) is 1. The molecule has 0 unspecified atom stereocenters. The van der Waals surface area contributed by atoms with Gasteiger partial charge in [-0.15, -0.1) is 0 Å². The highest BCUT2D eigenvalue weighted by Crippen LogP contribution is 2.23. The number of hydrogen-bond donors (Lipinski definition) is 1. The lowest BCUT2D eigenvalue weighted by Crippen LogP contribution is -2.15. The van der Waals surface area contributed by atoms with Gasteiger partial charge in [0.25, 0.3) is 0 Å². The van der Waals surface area contributed by atoms with E-state index in [4.69, 9.17) is 4.74 Å². The van der Waals surface area contributed by atoms with Crippen molar-refractivity contribution in [2.75, 3.05) is 6.54 Å². The minimum Gasteiger partial charge on any atom is -0.444 e. The first-order valence-electron chi connectivity index (χ1n) is 6.16. The molecule has 1 aliphatic rings. The van der Waals surface area contributed by atoms with Crippen LogP contribution in [0.1, 0.15) is 36.8 Å². The Bertz CT molecular complexity index is 386. The molecule has 3 heteroatoms. The van der Waals surface area contributed by atoms with Gasteiger partial charge in [-0.3, -0.25) is 0 Å². The van der Waals surface area contributed by atoms with Crippen molar-refractivity contribution in [2.24, 2.45) is 0 Å². The number of amides is 1. The summed E-state index contributed by atoms with van der Waals surface area (Å²) in [5.41, 5.74) is 2.64. The van der Waals surface area contributed by atoms with Gasteiger partial charge in [0.15, 0.2) is 0 Å². The first-order chi connectivity index (χ1) is 8.15. The van der Waals surface area contributed by atoms with Crippen LogP contribution in [0.4, 0.5) is 4.79 Å². The number of carbonyl (C=O) groups excluding carboxylic acids is 1. The van der Waals surface area contributed by atoms with Gasteiger partial charge in [0.1, 0.15) is 6.10 Å². The molecule has 1 amide bonds. The maximum Gasteiger partial charge on any atom is 0.407 e. The Labute approximate surface area is 102 Å². The smallest absolute Gasteiger partial charge is 0.407 e. The van der Waals surface area contributed by atoms with Crippen molar-refractivity contribution in [3.8, 4) is 0 Å². The fraction of sp³-hybridized carbons (Fsp3) is 0.500. The average Bonchev–Trinajstić information content (AvgIpc) is 2.73. The molecule has 0 spiro atoms. The minimum absolute atomic E-state index is 0.0513. The third-order valence-corrected chi connectivity index (χ3v) is 3.32. The van der Waals surface area contributed by atoms with Crippen LogP contribution in [0, 0.1) is 6.92 Å². The van der Waals surface area contributed by atoms with Gasteiger partial charge in [-0.05, 0) is 31.2 Å². The number of carbonyl (C=O) groups is 1. The number of benzene rings is 1. The molecular formula is C14H19NO2. The number of rotatable bonds is 4. The lowest BCUT2D eigenvalue weighted by Gasteiger charge is -2.14. The van der Waals surface area contributed by atoms with E-state index >= 15 is 0 Å². The van der Waals surface area contributed by atoms with Crippen LogP contribution in [0.2, 0.25) is 0 Å². The van der Waals surface area contributed by atoms with Crippen molar-refractivity contribution in [3.05, 3.63) is 35.4 Å². The van der Waals surface area contributed by atoms with Gasteiger partial charge in [0, 0.05) is 0 Å². The van der Waals surface area contributed by atoms with Gasteiger partial charge in [-0.2, -0.15) is 0 Å². The van der Waals surface area contributed by atoms with E-state index < -0.39 is 0 Å². The van der Waals surface area contributed by atoms with Gasteiger partial charge in [-0.25, -0.2) is 4.79 Å². The number of cyclic esters (lactones) is 1. The number of ether oxygens (including phenoxy) is 1. The standard InChI is InChI=1S/C14H19NO2/c1-10-3-6-12(7-4-10)11(2)5-8-13-9-15-14(16)17-13/h3-4,6-7,11,13H,5,8-9H2,1-2H3,(H,15,16)/t11-,13-/m1/s1. The van der Waals surface area contributed by atoms with Gasteiger partial charge in [-0.1, -0.05) is 36.8 Å². The van der Waals surface area contributed by atoms with E-state index in [1.807, 2.05) is 0 Å². The molecule has 1 aromatic carbocycles. The van der Waals surface area contributed by atoms with Crippen LogP contribution in [0.15, 0.2) is 24.3 Å². The van der Waals surface area contributed by atoms with Crippen LogP contribution in [0.5, 0.6) is 0 Å². The second-order valence-corrected chi connectivity index (χ2v) is 4.80. The highest BCUT2D eigenvalue weighted by Gasteiger charge is 2.22. The van der Waals surface area contributed by atoms with Crippen molar-refractivity contribution >= 4 is 6.09 Å². The first kappa shape index (κ1) is 12.0. The Morgan fingerprint density at radius 1 is 1.41 bits per heavy atom. The van der Waals surface area contributed by atoms with Crippen LogP contribution in [-0.4, -0.2) is 18.7 Å². The molecule has 1 aliphatic heterocycles. The molecule has 1 saturated heterocycles. The Hall–Kier alpha value is -1.51. The predicted octanol–water partition coefficient (Wildman–Crippen LogP) is 2.99. The molecular weight excluding hydrogens is 214 g/mol. The number of aryl methyl sites for hydroxylation is 1. The predicted molar refractivity (Wildman–Crippen MR) is 67.1 cm³/mol. The van der Waals surface area contributed by atoms with Crippen LogP contribution in [0.25, 0.3) is 0 Å². The van der Waals surface area contributed by atoms with Gasteiger partial charge < -0.3 is 10.1 Å². The Balaban J connectivity index is 1.82. The summed E-state index contributed by atoms with van der Waals surface area (Å²) in [4.78, 5) is 10.9. The maximum atomic E-state index is 10.9. The van der Waals surface area contributed by atoms with E-state index in [2.05, 4.69) is 43.4 Å². The van der Waals surface area contributed by atoms with E-state index in [1.54, 1.807) is 0 Å². The molecule has 3 nitrogen and oxygen atoms in total. The summed E-state index contributed by atoms with van der Waals surface area (Å²) in [6.45, 7) is 4.96. The van der Waals surface area contributed by atoms with E-state index in [0.29, 0.717) is 12.5 Å². The largest absolute Gasteiger partial charge is 0.444 e. The summed E-state index contributed by atoms with van der Waals surface area (Å²) in [6.07, 6.45) is 1.74. The molecule has 0 radical (unpaired) electrons. The summed E-state index contributed by atoms with van der Waals surface area (Å²) in [5.74, 6) is 0.509. The third-order valence-electron chi connectivity index (χ3n) is 3.32. The normalized spacial score (nSPS) is 20.8. The monoisotopic (exact) mass is 233 g/mol. The molecule has 0 aromatic heterocycles. The van der Waals surface area contributed by atoms with Crippen molar-refractivity contribution in [1.82, 2.24) is 5.32 Å². The first-order valence-corrected chi connectivity index (χ1v) is 6.16. The van der Waals surface area contributed by atoms with Gasteiger partial charge >= 0.3 is 6.09 Å². The van der Waals surface area contributed by atoms with Gasteiger partial charge in [0.05, 0.1) is 6.54 Å². The third kappa shape index (κ3) is 3.22. The molecule has 1 N–H and O–H groups in total. The van der Waals surface area contributed by atoms with E-state index in [9.17, 15) is 4.79 Å². The van der Waals surface area contributed by atoms with Crippen LogP contribution in [-0.2, 0) is 4.74 Å². The lowest BCUT2D eigenvalue weighted by molar-refractivity contribution is 0.133. The average molecular weight is 233 g/mol. The number of nitrogens with one attached hydrogen (secondary N) is 1. The van der Waals surface area contributed by atoms with E-state index in [0.717, 1.165) is 12.8 Å². The Morgan fingerprint density at radius 3 is 2.71 bits per heavy atom. The quantitative estimate of drug-likeness (QED) is 0.868. The molecule has 0 bridgehead atoms. The summed E-state index contributed by atoms with van der Waals surface area (Å²) in [6, 6.07) is 8.64. The molecule has 1 heterocycles. The Kier molecular flexibility index (Phi) is 3.67. The zero-order valence-electron chi connectivity index (χ0n) is 10.4. The molecule has 92 valence electrons. The molecule has 0 saturated carbocycles. The summed E-state index contributed by atoms with van der Waals surface area (Å²) >= 11 is 0. The molecule has 0 aliphatic carbocycles. The molecule has 1 aromatic rings. The minimum atomic E-state index is -0.280. The SMILES string of the molecule is Cc1ccc([C@H](C)CC[C@@H]2CNC(=O)O2)cc1. The molecule has 2 rings (SSSR count). The molecule has 17 heavy (non-hydrogen) atoms. The zero-order chi connectivity index (χ0) is 12.3. The van der Waals surface area contributed by atoms with E-state index in [-0.39, 0.29) is 12.2 Å². The highest BCUT2D eigenvalue weighted by atomic mass is 16.6. The second kappa shape index (κ2) is 5.21.